The van der Waals surface area contributed by atoms with Crippen molar-refractivity contribution in [1.29, 1.82) is 5.26 Å². The third-order valence-electron chi connectivity index (χ3n) is 1.60. The molecule has 12 heavy (non-hydrogen) atoms. The number of hydrogen-bond donors (Lipinski definition) is 0. The van der Waals surface area contributed by atoms with Crippen molar-refractivity contribution in [2.45, 2.75) is 18.9 Å². The molecule has 0 fully saturated rings. The third-order valence-corrected chi connectivity index (χ3v) is 1.60. The normalized spacial score (nSPS) is 13.2. The molecule has 0 radical (unpaired) electrons. The molecule has 0 rings (SSSR count). The molecule has 0 amide bonds. The van der Waals surface area contributed by atoms with Gasteiger partial charge in [-0.2, -0.15) is 5.26 Å². The van der Waals surface area contributed by atoms with Crippen LogP contribution in [0.1, 0.15) is 12.8 Å². The molecule has 0 aliphatic heterocycles. The quantitative estimate of drug-likeness (QED) is 0.581. The average molecular weight is 164 g/mol. The maximum atomic E-state index is 8.71. The summed E-state index contributed by atoms with van der Waals surface area (Å²) >= 11 is 0. The molecule has 0 aromatic carbocycles. The van der Waals surface area contributed by atoms with Gasteiger partial charge >= 0.3 is 0 Å². The highest BCUT2D eigenvalue weighted by Gasteiger charge is 2.05. The van der Waals surface area contributed by atoms with Gasteiger partial charge in [0.15, 0.2) is 0 Å². The summed E-state index contributed by atoms with van der Waals surface area (Å²) in [6.07, 6.45) is 7.56. The van der Waals surface area contributed by atoms with Gasteiger partial charge in [0.1, 0.15) is 6.04 Å². The largest absolute Gasteiger partial charge is 0.294 e. The first-order valence-electron chi connectivity index (χ1n) is 4.04. The van der Waals surface area contributed by atoms with Crippen LogP contribution >= 0.6 is 0 Å². The van der Waals surface area contributed by atoms with E-state index in [0.29, 0.717) is 0 Å². The van der Waals surface area contributed by atoms with Crippen molar-refractivity contribution in [3.05, 3.63) is 24.8 Å². The van der Waals surface area contributed by atoms with Crippen LogP contribution in [0.15, 0.2) is 24.8 Å². The van der Waals surface area contributed by atoms with E-state index in [1.165, 1.54) is 0 Å². The second-order valence-corrected chi connectivity index (χ2v) is 2.84. The van der Waals surface area contributed by atoms with E-state index < -0.39 is 0 Å². The zero-order valence-electron chi connectivity index (χ0n) is 7.83. The maximum absolute atomic E-state index is 8.71. The molecule has 0 aromatic rings. The molecule has 66 valence electrons. The molecule has 0 heterocycles. The summed E-state index contributed by atoms with van der Waals surface area (Å²) in [5.74, 6) is 0. The van der Waals surface area contributed by atoms with Gasteiger partial charge in [-0.3, -0.25) is 4.90 Å². The monoisotopic (exact) mass is 164 g/mol. The first kappa shape index (κ1) is 10.9. The SMILES string of the molecule is C=CCC=CCC(C#N)N(C)C. The highest BCUT2D eigenvalue weighted by Crippen LogP contribution is 1.99. The Morgan fingerprint density at radius 2 is 2.17 bits per heavy atom. The van der Waals surface area contributed by atoms with Gasteiger partial charge < -0.3 is 0 Å². The molecule has 0 spiro atoms. The second kappa shape index (κ2) is 6.63. The Morgan fingerprint density at radius 1 is 1.50 bits per heavy atom. The summed E-state index contributed by atoms with van der Waals surface area (Å²) in [4.78, 5) is 1.91. The van der Waals surface area contributed by atoms with Crippen LogP contribution in [-0.2, 0) is 0 Å². The van der Waals surface area contributed by atoms with Crippen molar-refractivity contribution in [3.8, 4) is 6.07 Å². The van der Waals surface area contributed by atoms with Crippen molar-refractivity contribution in [1.82, 2.24) is 4.90 Å². The fourth-order valence-corrected chi connectivity index (χ4v) is 0.797. The van der Waals surface area contributed by atoms with E-state index in [-0.39, 0.29) is 6.04 Å². The molecule has 0 saturated carbocycles. The summed E-state index contributed by atoms with van der Waals surface area (Å²) in [5.41, 5.74) is 0. The summed E-state index contributed by atoms with van der Waals surface area (Å²) < 4.78 is 0. The molecule has 0 saturated heterocycles. The van der Waals surface area contributed by atoms with Gasteiger partial charge in [0, 0.05) is 0 Å². The Balaban J connectivity index is 3.74. The van der Waals surface area contributed by atoms with Crippen molar-refractivity contribution in [2.75, 3.05) is 14.1 Å². The highest BCUT2D eigenvalue weighted by atomic mass is 15.1. The predicted molar refractivity (Wildman–Crippen MR) is 51.7 cm³/mol. The molecule has 0 aliphatic rings. The summed E-state index contributed by atoms with van der Waals surface area (Å²) in [6, 6.07) is 2.22. The van der Waals surface area contributed by atoms with Crippen LogP contribution in [0.2, 0.25) is 0 Å². The van der Waals surface area contributed by atoms with Crippen molar-refractivity contribution in [3.63, 3.8) is 0 Å². The Morgan fingerprint density at radius 3 is 2.58 bits per heavy atom. The zero-order valence-corrected chi connectivity index (χ0v) is 7.83. The predicted octanol–water partition coefficient (Wildman–Crippen LogP) is 1.96. The summed E-state index contributed by atoms with van der Waals surface area (Å²) in [7, 11) is 3.82. The van der Waals surface area contributed by atoms with Crippen LogP contribution < -0.4 is 0 Å². The third kappa shape index (κ3) is 4.70. The molecule has 2 nitrogen and oxygen atoms in total. The van der Waals surface area contributed by atoms with E-state index in [1.54, 1.807) is 0 Å². The molecular weight excluding hydrogens is 148 g/mol. The Kier molecular flexibility index (Phi) is 6.04. The van der Waals surface area contributed by atoms with E-state index in [4.69, 9.17) is 5.26 Å². The minimum absolute atomic E-state index is 0.00827. The highest BCUT2D eigenvalue weighted by molar-refractivity contribution is 4.98. The molecule has 0 aromatic heterocycles. The van der Waals surface area contributed by atoms with Gasteiger partial charge in [-0.15, -0.1) is 6.58 Å². The minimum Gasteiger partial charge on any atom is -0.294 e. The fraction of sp³-hybridized carbons (Fsp3) is 0.500. The number of nitriles is 1. The lowest BCUT2D eigenvalue weighted by atomic mass is 10.2. The first-order valence-corrected chi connectivity index (χ1v) is 4.04. The van der Waals surface area contributed by atoms with Gasteiger partial charge in [-0.05, 0) is 26.9 Å². The first-order chi connectivity index (χ1) is 5.72. The lowest BCUT2D eigenvalue weighted by molar-refractivity contribution is 0.352. The van der Waals surface area contributed by atoms with Crippen LogP contribution in [0.5, 0.6) is 0 Å². The summed E-state index contributed by atoms with van der Waals surface area (Å²) in [5, 5.41) is 8.71. The molecule has 0 bridgehead atoms. The van der Waals surface area contributed by atoms with E-state index in [9.17, 15) is 0 Å². The van der Waals surface area contributed by atoms with Crippen LogP contribution in [0.3, 0.4) is 0 Å². The number of nitrogens with zero attached hydrogens (tertiary/aromatic N) is 2. The fourth-order valence-electron chi connectivity index (χ4n) is 0.797. The Bertz CT molecular complexity index is 187. The molecule has 2 heteroatoms. The molecule has 1 atom stereocenters. The minimum atomic E-state index is -0.00827. The molecule has 0 N–H and O–H groups in total. The van der Waals surface area contributed by atoms with Gasteiger partial charge in [0.25, 0.3) is 0 Å². The van der Waals surface area contributed by atoms with E-state index >= 15 is 0 Å². The van der Waals surface area contributed by atoms with Crippen LogP contribution in [0.25, 0.3) is 0 Å². The topological polar surface area (TPSA) is 27.0 Å². The van der Waals surface area contributed by atoms with Crippen molar-refractivity contribution < 1.29 is 0 Å². The van der Waals surface area contributed by atoms with Crippen LogP contribution in [0, 0.1) is 11.3 Å². The molecular formula is C10H16N2. The van der Waals surface area contributed by atoms with Crippen LogP contribution in [-0.4, -0.2) is 25.0 Å². The maximum Gasteiger partial charge on any atom is 0.101 e. The van der Waals surface area contributed by atoms with Crippen molar-refractivity contribution >= 4 is 0 Å². The number of hydrogen-bond acceptors (Lipinski definition) is 2. The number of allylic oxidation sites excluding steroid dienone is 2. The Hall–Kier alpha value is -1.07. The van der Waals surface area contributed by atoms with E-state index in [2.05, 4.69) is 12.6 Å². The average Bonchev–Trinajstić information content (AvgIpc) is 2.04. The lowest BCUT2D eigenvalue weighted by Crippen LogP contribution is -2.25. The smallest absolute Gasteiger partial charge is 0.101 e. The van der Waals surface area contributed by atoms with Crippen molar-refractivity contribution in [2.24, 2.45) is 0 Å². The van der Waals surface area contributed by atoms with Gasteiger partial charge in [0.2, 0.25) is 0 Å². The molecule has 1 unspecified atom stereocenters. The zero-order chi connectivity index (χ0) is 9.40. The van der Waals surface area contributed by atoms with Gasteiger partial charge in [-0.1, -0.05) is 18.2 Å². The van der Waals surface area contributed by atoms with E-state index in [1.807, 2.05) is 37.2 Å². The molecule has 0 aliphatic carbocycles. The number of rotatable bonds is 5. The van der Waals surface area contributed by atoms with Gasteiger partial charge in [0.05, 0.1) is 6.07 Å². The van der Waals surface area contributed by atoms with E-state index in [0.717, 1.165) is 12.8 Å². The second-order valence-electron chi connectivity index (χ2n) is 2.84. The van der Waals surface area contributed by atoms with Crippen LogP contribution in [0.4, 0.5) is 0 Å². The standard InChI is InChI=1S/C10H16N2/c1-4-5-6-7-8-10(9-11)12(2)3/h4,6-7,10H,1,5,8H2,2-3H3. The van der Waals surface area contributed by atoms with Gasteiger partial charge in [-0.25, -0.2) is 0 Å². The Labute approximate surface area is 74.8 Å². The summed E-state index contributed by atoms with van der Waals surface area (Å²) in [6.45, 7) is 3.61. The lowest BCUT2D eigenvalue weighted by Gasteiger charge is -2.14.